The Balaban J connectivity index is 1.86. The van der Waals surface area contributed by atoms with Crippen molar-refractivity contribution in [2.45, 2.75) is 6.54 Å². The van der Waals surface area contributed by atoms with Crippen LogP contribution in [0.25, 0.3) is 11.3 Å². The molecule has 0 fully saturated rings. The molecule has 2 aromatic heterocycles. The lowest BCUT2D eigenvalue weighted by Gasteiger charge is -2.17. The van der Waals surface area contributed by atoms with Crippen molar-refractivity contribution in [1.82, 2.24) is 10.3 Å². The molecule has 0 atom stereocenters. The Bertz CT molecular complexity index is 812. The Morgan fingerprint density at radius 3 is 2.54 bits per heavy atom. The second-order valence-corrected chi connectivity index (χ2v) is 5.59. The summed E-state index contributed by atoms with van der Waals surface area (Å²) in [6.45, 7) is 0.346. The zero-order valence-electron chi connectivity index (χ0n) is 13.7. The molecule has 0 unspecified atom stereocenters. The van der Waals surface area contributed by atoms with Crippen LogP contribution in [0.5, 0.6) is 0 Å². The van der Waals surface area contributed by atoms with Crippen LogP contribution in [-0.2, 0) is 6.54 Å². The van der Waals surface area contributed by atoms with Gasteiger partial charge in [0.1, 0.15) is 11.6 Å². The number of rotatable bonds is 5. The van der Waals surface area contributed by atoms with Crippen LogP contribution in [0.15, 0.2) is 65.3 Å². The number of aromatic nitrogens is 1. The molecule has 0 aliphatic heterocycles. The van der Waals surface area contributed by atoms with Gasteiger partial charge in [0.25, 0.3) is 5.91 Å². The van der Waals surface area contributed by atoms with Crippen LogP contribution < -0.4 is 10.2 Å². The summed E-state index contributed by atoms with van der Waals surface area (Å²) < 4.78 is 5.23. The van der Waals surface area contributed by atoms with E-state index < -0.39 is 0 Å². The summed E-state index contributed by atoms with van der Waals surface area (Å²) in [7, 11) is 3.75. The van der Waals surface area contributed by atoms with Crippen LogP contribution in [-0.4, -0.2) is 25.0 Å². The zero-order valence-corrected chi connectivity index (χ0v) is 13.7. The van der Waals surface area contributed by atoms with Crippen molar-refractivity contribution in [2.75, 3.05) is 19.0 Å². The van der Waals surface area contributed by atoms with Gasteiger partial charge in [-0.25, -0.2) is 4.98 Å². The van der Waals surface area contributed by atoms with Crippen molar-refractivity contribution in [3.8, 4) is 11.3 Å². The summed E-state index contributed by atoms with van der Waals surface area (Å²) in [5, 5.41) is 2.86. The van der Waals surface area contributed by atoms with Gasteiger partial charge in [-0.3, -0.25) is 4.79 Å². The number of carbonyl (C=O) groups excluding carboxylic acids is 1. The lowest BCUT2D eigenvalue weighted by molar-refractivity contribution is 0.0948. The van der Waals surface area contributed by atoms with Crippen molar-refractivity contribution in [3.63, 3.8) is 0 Å². The van der Waals surface area contributed by atoms with Gasteiger partial charge >= 0.3 is 0 Å². The average molecular weight is 321 g/mol. The van der Waals surface area contributed by atoms with Crippen molar-refractivity contribution in [1.29, 1.82) is 0 Å². The number of furan rings is 1. The van der Waals surface area contributed by atoms with Crippen LogP contribution in [0.1, 0.15) is 16.1 Å². The number of nitrogens with zero attached hydrogens (tertiary/aromatic N) is 2. The summed E-state index contributed by atoms with van der Waals surface area (Å²) in [4.78, 5) is 19.0. The lowest BCUT2D eigenvalue weighted by atomic mass is 10.1. The number of carbonyl (C=O) groups is 1. The molecular formula is C19H19N3O2. The number of anilines is 1. The highest BCUT2D eigenvalue weighted by Crippen LogP contribution is 2.23. The van der Waals surface area contributed by atoms with Gasteiger partial charge in [-0.2, -0.15) is 0 Å². The fourth-order valence-corrected chi connectivity index (χ4v) is 2.41. The third-order valence-electron chi connectivity index (χ3n) is 3.62. The minimum absolute atomic E-state index is 0.179. The fraction of sp³-hybridized carbons (Fsp3) is 0.158. The molecule has 0 spiro atoms. The van der Waals surface area contributed by atoms with Crippen molar-refractivity contribution in [3.05, 3.63) is 72.2 Å². The molecule has 3 aromatic rings. The highest BCUT2D eigenvalue weighted by atomic mass is 16.3. The molecule has 5 nitrogen and oxygen atoms in total. The largest absolute Gasteiger partial charge is 0.467 e. The van der Waals surface area contributed by atoms with Gasteiger partial charge in [-0.05, 0) is 24.3 Å². The van der Waals surface area contributed by atoms with E-state index >= 15 is 0 Å². The average Bonchev–Trinajstić information content (AvgIpc) is 3.13. The van der Waals surface area contributed by atoms with Gasteiger partial charge in [0.15, 0.2) is 0 Å². The van der Waals surface area contributed by atoms with Crippen LogP contribution in [0.4, 0.5) is 5.82 Å². The molecule has 0 saturated carbocycles. The van der Waals surface area contributed by atoms with E-state index in [-0.39, 0.29) is 5.91 Å². The minimum Gasteiger partial charge on any atom is -0.467 e. The summed E-state index contributed by atoms with van der Waals surface area (Å²) in [5.41, 5.74) is 2.39. The predicted octanol–water partition coefficient (Wildman–Crippen LogP) is 3.34. The summed E-state index contributed by atoms with van der Waals surface area (Å²) in [6.07, 6.45) is 1.59. The van der Waals surface area contributed by atoms with Crippen molar-refractivity contribution >= 4 is 11.7 Å². The Morgan fingerprint density at radius 1 is 1.08 bits per heavy atom. The molecule has 3 rings (SSSR count). The van der Waals surface area contributed by atoms with E-state index in [0.29, 0.717) is 23.7 Å². The quantitative estimate of drug-likeness (QED) is 0.783. The minimum atomic E-state index is -0.179. The lowest BCUT2D eigenvalue weighted by Crippen LogP contribution is -2.26. The summed E-state index contributed by atoms with van der Waals surface area (Å²) >= 11 is 0. The third kappa shape index (κ3) is 3.46. The van der Waals surface area contributed by atoms with Gasteiger partial charge in [0.05, 0.1) is 24.1 Å². The predicted molar refractivity (Wildman–Crippen MR) is 93.9 cm³/mol. The molecule has 0 bridgehead atoms. The maximum atomic E-state index is 12.5. The number of nitrogens with one attached hydrogen (secondary N) is 1. The topological polar surface area (TPSA) is 58.4 Å². The first kappa shape index (κ1) is 15.8. The standard InChI is InChI=1S/C19H19N3O2/c1-22(2)18-16(19(23)20-13-15-9-6-12-24-15)10-11-17(21-18)14-7-4-3-5-8-14/h3-12H,13H2,1-2H3,(H,20,23). The molecule has 1 amide bonds. The number of hydrogen-bond donors (Lipinski definition) is 1. The third-order valence-corrected chi connectivity index (χ3v) is 3.62. The zero-order chi connectivity index (χ0) is 16.9. The molecule has 0 radical (unpaired) electrons. The smallest absolute Gasteiger partial charge is 0.255 e. The Labute approximate surface area is 140 Å². The molecule has 122 valence electrons. The number of hydrogen-bond acceptors (Lipinski definition) is 4. The Hall–Kier alpha value is -3.08. The van der Waals surface area contributed by atoms with E-state index in [9.17, 15) is 4.79 Å². The highest BCUT2D eigenvalue weighted by Gasteiger charge is 2.16. The molecule has 0 saturated heterocycles. The van der Waals surface area contributed by atoms with Gasteiger partial charge in [-0.1, -0.05) is 30.3 Å². The summed E-state index contributed by atoms with van der Waals surface area (Å²) in [5.74, 6) is 1.17. The van der Waals surface area contributed by atoms with E-state index in [2.05, 4.69) is 10.3 Å². The maximum absolute atomic E-state index is 12.5. The van der Waals surface area contributed by atoms with E-state index in [1.165, 1.54) is 0 Å². The molecule has 2 heterocycles. The van der Waals surface area contributed by atoms with E-state index in [0.717, 1.165) is 11.3 Å². The van der Waals surface area contributed by atoms with Gasteiger partial charge in [-0.15, -0.1) is 0 Å². The second-order valence-electron chi connectivity index (χ2n) is 5.59. The summed E-state index contributed by atoms with van der Waals surface area (Å²) in [6, 6.07) is 17.2. The number of pyridine rings is 1. The Kier molecular flexibility index (Phi) is 4.61. The number of benzene rings is 1. The van der Waals surface area contributed by atoms with E-state index in [1.54, 1.807) is 12.3 Å². The van der Waals surface area contributed by atoms with Gasteiger partial charge < -0.3 is 14.6 Å². The highest BCUT2D eigenvalue weighted by molar-refractivity contribution is 5.99. The molecule has 1 N–H and O–H groups in total. The molecule has 0 aliphatic carbocycles. The van der Waals surface area contributed by atoms with Crippen LogP contribution in [0.3, 0.4) is 0 Å². The van der Waals surface area contributed by atoms with Gasteiger partial charge in [0, 0.05) is 19.7 Å². The molecule has 0 aliphatic rings. The normalized spacial score (nSPS) is 10.4. The number of amides is 1. The molecule has 5 heteroatoms. The first-order valence-corrected chi connectivity index (χ1v) is 7.69. The van der Waals surface area contributed by atoms with Gasteiger partial charge in [0.2, 0.25) is 0 Å². The SMILES string of the molecule is CN(C)c1nc(-c2ccccc2)ccc1C(=O)NCc1ccco1. The van der Waals surface area contributed by atoms with Crippen LogP contribution in [0.2, 0.25) is 0 Å². The monoisotopic (exact) mass is 321 g/mol. The first-order valence-electron chi connectivity index (χ1n) is 7.69. The molecule has 1 aromatic carbocycles. The van der Waals surface area contributed by atoms with E-state index in [4.69, 9.17) is 4.42 Å². The second kappa shape index (κ2) is 7.00. The fourth-order valence-electron chi connectivity index (χ4n) is 2.41. The molecular weight excluding hydrogens is 302 g/mol. The van der Waals surface area contributed by atoms with Crippen molar-refractivity contribution in [2.24, 2.45) is 0 Å². The first-order chi connectivity index (χ1) is 11.6. The maximum Gasteiger partial charge on any atom is 0.255 e. The Morgan fingerprint density at radius 2 is 1.88 bits per heavy atom. The van der Waals surface area contributed by atoms with Crippen molar-refractivity contribution < 1.29 is 9.21 Å². The molecule has 24 heavy (non-hydrogen) atoms. The van der Waals surface area contributed by atoms with Crippen LogP contribution >= 0.6 is 0 Å². The van der Waals surface area contributed by atoms with Crippen LogP contribution in [0, 0.1) is 0 Å². The van der Waals surface area contributed by atoms with E-state index in [1.807, 2.05) is 67.5 Å².